The number of hydrogen-bond acceptors (Lipinski definition) is 9. The van der Waals surface area contributed by atoms with Gasteiger partial charge in [-0.3, -0.25) is 4.79 Å². The molecule has 1 amide bonds. The molecule has 1 aromatic heterocycles. The maximum absolute atomic E-state index is 13.6. The number of carbonyl (C=O) groups is 3. The molecule has 3 N–H and O–H groups in total. The third-order valence-corrected chi connectivity index (χ3v) is 9.06. The first-order chi connectivity index (χ1) is 20.4. The molecule has 0 aliphatic carbocycles. The molecule has 4 rings (SSSR count). The average molecular weight is 673 g/mol. The van der Waals surface area contributed by atoms with Crippen LogP contribution in [0.25, 0.3) is 10.4 Å². The number of rotatable bonds is 10. The van der Waals surface area contributed by atoms with Crippen LogP contribution in [0.5, 0.6) is 5.75 Å². The minimum Gasteiger partial charge on any atom is -0.479 e. The van der Waals surface area contributed by atoms with Gasteiger partial charge in [0.1, 0.15) is 11.6 Å². The lowest BCUT2D eigenvalue weighted by molar-refractivity contribution is -0.157. The molecule has 11 heteroatoms. The number of thiophene rings is 1. The third kappa shape index (κ3) is 8.81. The lowest BCUT2D eigenvalue weighted by Gasteiger charge is -2.31. The summed E-state index contributed by atoms with van der Waals surface area (Å²) >= 11 is 4.77. The van der Waals surface area contributed by atoms with Crippen molar-refractivity contribution < 1.29 is 28.6 Å². The molecule has 1 aliphatic rings. The van der Waals surface area contributed by atoms with Crippen molar-refractivity contribution in [3.05, 3.63) is 63.4 Å². The molecule has 3 aromatic rings. The van der Waals surface area contributed by atoms with Gasteiger partial charge >= 0.3 is 11.9 Å². The van der Waals surface area contributed by atoms with E-state index in [4.69, 9.17) is 14.2 Å². The van der Waals surface area contributed by atoms with Crippen LogP contribution < -0.4 is 20.7 Å². The van der Waals surface area contributed by atoms with Crippen molar-refractivity contribution in [2.45, 2.75) is 52.2 Å². The van der Waals surface area contributed by atoms with Gasteiger partial charge in [-0.05, 0) is 105 Å². The zero-order chi connectivity index (χ0) is 31.1. The summed E-state index contributed by atoms with van der Waals surface area (Å²) in [6.45, 7) is 8.65. The van der Waals surface area contributed by atoms with Gasteiger partial charge in [-0.1, -0.05) is 29.8 Å². The van der Waals surface area contributed by atoms with Gasteiger partial charge in [0.05, 0.1) is 16.5 Å². The van der Waals surface area contributed by atoms with Crippen molar-refractivity contribution in [2.75, 3.05) is 37.4 Å². The number of piperidine rings is 1. The van der Waals surface area contributed by atoms with Gasteiger partial charge < -0.3 is 30.2 Å². The van der Waals surface area contributed by atoms with Gasteiger partial charge in [0.25, 0.3) is 0 Å². The highest BCUT2D eigenvalue weighted by atomic mass is 79.9. The van der Waals surface area contributed by atoms with E-state index in [1.165, 1.54) is 18.4 Å². The molecule has 1 saturated heterocycles. The lowest BCUT2D eigenvalue weighted by atomic mass is 9.89. The first-order valence-electron chi connectivity index (χ1n) is 14.2. The highest BCUT2D eigenvalue weighted by Crippen LogP contribution is 2.46. The monoisotopic (exact) mass is 671 g/mol. The predicted molar refractivity (Wildman–Crippen MR) is 173 cm³/mol. The molecule has 0 radical (unpaired) electrons. The maximum atomic E-state index is 13.6. The van der Waals surface area contributed by atoms with Gasteiger partial charge in [-0.15, -0.1) is 11.3 Å². The van der Waals surface area contributed by atoms with Crippen molar-refractivity contribution in [1.29, 1.82) is 0 Å². The van der Waals surface area contributed by atoms with Crippen molar-refractivity contribution in [2.24, 2.45) is 5.92 Å². The quantitative estimate of drug-likeness (QED) is 0.212. The molecule has 9 nitrogen and oxygen atoms in total. The Balaban J connectivity index is 1.60. The second-order valence-electron chi connectivity index (χ2n) is 11.4. The summed E-state index contributed by atoms with van der Waals surface area (Å²) in [5.74, 6) is -0.876. The van der Waals surface area contributed by atoms with E-state index in [1.807, 2.05) is 55.5 Å². The molecule has 43 heavy (non-hydrogen) atoms. The Bertz CT molecular complexity index is 1440. The number of ether oxygens (including phenoxy) is 3. The minimum atomic E-state index is -0.668. The molecule has 1 aliphatic heterocycles. The standard InChI is InChI=1S/C32H38BrN3O6S/c1-19-9-11-22(12-10-19)36-30(38)26(20-13-15-34-16-14-20)35-23-8-6-7-21(17-23)28-25(33)27(29(43-28)31(39)40-5)41-18-24(37)42-32(2,3)4/h6-12,17,20,26,34-35H,13-16,18H2,1-5H3,(H,36,38). The lowest BCUT2D eigenvalue weighted by Crippen LogP contribution is -2.45. The van der Waals surface area contributed by atoms with Crippen molar-refractivity contribution in [3.8, 4) is 16.2 Å². The molecule has 230 valence electrons. The van der Waals surface area contributed by atoms with E-state index < -0.39 is 23.6 Å². The number of carbonyl (C=O) groups excluding carboxylic acids is 3. The van der Waals surface area contributed by atoms with E-state index in [-0.39, 0.29) is 29.1 Å². The normalized spacial score (nSPS) is 14.5. The van der Waals surface area contributed by atoms with E-state index in [0.717, 1.165) is 48.4 Å². The first-order valence-corrected chi connectivity index (χ1v) is 15.8. The smallest absolute Gasteiger partial charge is 0.351 e. The summed E-state index contributed by atoms with van der Waals surface area (Å²) < 4.78 is 16.6. The van der Waals surface area contributed by atoms with Crippen LogP contribution in [0.15, 0.2) is 53.0 Å². The largest absolute Gasteiger partial charge is 0.479 e. The number of anilines is 2. The Morgan fingerprint density at radius 1 is 1.07 bits per heavy atom. The SMILES string of the molecule is COC(=O)c1sc(-c2cccc(NC(C(=O)Nc3ccc(C)cc3)C3CCNCC3)c2)c(Br)c1OCC(=O)OC(C)(C)C. The number of methoxy groups -OCH3 is 1. The highest BCUT2D eigenvalue weighted by molar-refractivity contribution is 9.10. The van der Waals surface area contributed by atoms with Crippen molar-refractivity contribution in [3.63, 3.8) is 0 Å². The Morgan fingerprint density at radius 3 is 2.42 bits per heavy atom. The summed E-state index contributed by atoms with van der Waals surface area (Å²) in [6.07, 6.45) is 1.74. The summed E-state index contributed by atoms with van der Waals surface area (Å²) in [6, 6.07) is 14.9. The van der Waals surface area contributed by atoms with Crippen LogP contribution in [0.3, 0.4) is 0 Å². The fourth-order valence-electron chi connectivity index (χ4n) is 4.80. The predicted octanol–water partition coefficient (Wildman–Crippen LogP) is 6.41. The molecule has 2 aromatic carbocycles. The molecule has 0 saturated carbocycles. The fraction of sp³-hybridized carbons (Fsp3) is 0.406. The fourth-order valence-corrected chi connectivity index (χ4v) is 6.77. The molecule has 1 fully saturated rings. The molecule has 0 bridgehead atoms. The van der Waals surface area contributed by atoms with Crippen LogP contribution in [-0.4, -0.2) is 56.3 Å². The number of esters is 2. The molecule has 1 unspecified atom stereocenters. The second kappa shape index (κ2) is 14.4. The number of aryl methyl sites for hydroxylation is 1. The minimum absolute atomic E-state index is 0.0933. The number of benzene rings is 2. The Morgan fingerprint density at radius 2 is 1.77 bits per heavy atom. The number of amides is 1. The first kappa shape index (κ1) is 32.5. The molecular weight excluding hydrogens is 634 g/mol. The zero-order valence-electron chi connectivity index (χ0n) is 25.0. The molecule has 0 spiro atoms. The van der Waals surface area contributed by atoms with E-state index in [0.29, 0.717) is 9.35 Å². The Labute approximate surface area is 264 Å². The number of halogens is 1. The summed E-state index contributed by atoms with van der Waals surface area (Å²) in [5, 5.41) is 9.94. The molecule has 1 atom stereocenters. The number of hydrogen-bond donors (Lipinski definition) is 3. The van der Waals surface area contributed by atoms with Crippen LogP contribution >= 0.6 is 27.3 Å². The van der Waals surface area contributed by atoms with E-state index >= 15 is 0 Å². The van der Waals surface area contributed by atoms with E-state index in [9.17, 15) is 14.4 Å². The van der Waals surface area contributed by atoms with Gasteiger partial charge in [-0.2, -0.15) is 0 Å². The zero-order valence-corrected chi connectivity index (χ0v) is 27.4. The Kier molecular flexibility index (Phi) is 10.9. The topological polar surface area (TPSA) is 115 Å². The van der Waals surface area contributed by atoms with E-state index in [2.05, 4.69) is 31.9 Å². The molecule has 2 heterocycles. The van der Waals surface area contributed by atoms with Crippen LogP contribution in [0.4, 0.5) is 11.4 Å². The van der Waals surface area contributed by atoms with Crippen LogP contribution in [0.2, 0.25) is 0 Å². The van der Waals surface area contributed by atoms with Crippen LogP contribution in [-0.2, 0) is 19.1 Å². The van der Waals surface area contributed by atoms with Gasteiger partial charge in [0.2, 0.25) is 5.91 Å². The highest BCUT2D eigenvalue weighted by Gasteiger charge is 2.30. The summed E-state index contributed by atoms with van der Waals surface area (Å²) in [4.78, 5) is 39.5. The number of nitrogens with one attached hydrogen (secondary N) is 3. The van der Waals surface area contributed by atoms with Crippen molar-refractivity contribution >= 4 is 56.5 Å². The van der Waals surface area contributed by atoms with Crippen molar-refractivity contribution in [1.82, 2.24) is 5.32 Å². The molecular formula is C32H38BrN3O6S. The van der Waals surface area contributed by atoms with E-state index in [1.54, 1.807) is 20.8 Å². The van der Waals surface area contributed by atoms with Gasteiger partial charge in [-0.25, -0.2) is 9.59 Å². The Hall–Kier alpha value is -3.41. The van der Waals surface area contributed by atoms with Gasteiger partial charge in [0, 0.05) is 11.4 Å². The summed E-state index contributed by atoms with van der Waals surface area (Å²) in [5.41, 5.74) is 2.76. The second-order valence-corrected chi connectivity index (χ2v) is 13.2. The van der Waals surface area contributed by atoms with Crippen LogP contribution in [0, 0.1) is 12.8 Å². The van der Waals surface area contributed by atoms with Crippen LogP contribution in [0.1, 0.15) is 48.8 Å². The maximum Gasteiger partial charge on any atom is 0.351 e. The average Bonchev–Trinajstić information content (AvgIpc) is 3.31. The third-order valence-electron chi connectivity index (χ3n) is 6.84. The van der Waals surface area contributed by atoms with Gasteiger partial charge in [0.15, 0.2) is 17.2 Å². The summed E-state index contributed by atoms with van der Waals surface area (Å²) in [7, 11) is 1.29.